The van der Waals surface area contributed by atoms with E-state index >= 15 is 0 Å². The normalized spacial score (nSPS) is 15.3. The van der Waals surface area contributed by atoms with Gasteiger partial charge < -0.3 is 10.1 Å². The van der Waals surface area contributed by atoms with Crippen LogP contribution >= 0.6 is 0 Å². The second-order valence-electron chi connectivity index (χ2n) is 7.80. The summed E-state index contributed by atoms with van der Waals surface area (Å²) in [6, 6.07) is 13.0. The van der Waals surface area contributed by atoms with Crippen LogP contribution in [0, 0.1) is 0 Å². The van der Waals surface area contributed by atoms with E-state index in [9.17, 15) is 13.2 Å². The van der Waals surface area contributed by atoms with Gasteiger partial charge in [-0.25, -0.2) is 4.99 Å². The van der Waals surface area contributed by atoms with E-state index in [-0.39, 0.29) is 11.4 Å². The van der Waals surface area contributed by atoms with Gasteiger partial charge in [-0.3, -0.25) is 9.91 Å². The Morgan fingerprint density at radius 1 is 1.15 bits per heavy atom. The molecule has 2 aromatic rings. The highest BCUT2D eigenvalue weighted by atomic mass is 19.4. The highest BCUT2D eigenvalue weighted by Crippen LogP contribution is 2.29. The molecule has 0 amide bonds. The summed E-state index contributed by atoms with van der Waals surface area (Å²) in [6.45, 7) is 8.85. The van der Waals surface area contributed by atoms with Crippen LogP contribution in [0.25, 0.3) is 0 Å². The summed E-state index contributed by atoms with van der Waals surface area (Å²) in [7, 11) is 1.86. The fourth-order valence-corrected chi connectivity index (χ4v) is 3.60. The van der Waals surface area contributed by atoms with Gasteiger partial charge in [-0.05, 0) is 43.0 Å². The van der Waals surface area contributed by atoms with Gasteiger partial charge in [-0.1, -0.05) is 24.3 Å². The van der Waals surface area contributed by atoms with Crippen LogP contribution in [0.4, 0.5) is 18.9 Å². The van der Waals surface area contributed by atoms with Gasteiger partial charge >= 0.3 is 6.18 Å². The van der Waals surface area contributed by atoms with Crippen LogP contribution in [-0.2, 0) is 17.5 Å². The summed E-state index contributed by atoms with van der Waals surface area (Å²) in [5.74, 6) is 0.166. The third-order valence-electron chi connectivity index (χ3n) is 5.44. The standard InChI is InChI=1S/C24H30F3N5O/c1-28-22-9-7-19(8-10-22)18-32(12-4-11-31-13-15-33-16-14-31)30-23(29-2)20-5-3-6-21(17-20)24(25,26)27/h3,5-10,17,28H,2,4,11-16,18H2,1H3/b30-23-. The molecule has 0 spiro atoms. The number of alkyl halides is 3. The molecule has 6 nitrogen and oxygen atoms in total. The molecular weight excluding hydrogens is 431 g/mol. The van der Waals surface area contributed by atoms with Crippen molar-refractivity contribution >= 4 is 18.2 Å². The quantitative estimate of drug-likeness (QED) is 0.343. The van der Waals surface area contributed by atoms with Gasteiger partial charge in [0.1, 0.15) is 0 Å². The van der Waals surface area contributed by atoms with Crippen molar-refractivity contribution < 1.29 is 17.9 Å². The number of hydrogen-bond acceptors (Lipinski definition) is 5. The summed E-state index contributed by atoms with van der Waals surface area (Å²) in [6.07, 6.45) is -3.58. The molecule has 178 valence electrons. The first-order valence-electron chi connectivity index (χ1n) is 10.9. The van der Waals surface area contributed by atoms with Gasteiger partial charge in [0.15, 0.2) is 5.84 Å². The predicted octanol–water partition coefficient (Wildman–Crippen LogP) is 4.33. The minimum atomic E-state index is -4.44. The smallest absolute Gasteiger partial charge is 0.388 e. The van der Waals surface area contributed by atoms with E-state index in [0.717, 1.165) is 62.7 Å². The SMILES string of the molecule is C=N/C(=N\N(CCCN1CCOCC1)Cc1ccc(NC)cc1)c1cccc(C(F)(F)F)c1. The minimum absolute atomic E-state index is 0.166. The van der Waals surface area contributed by atoms with Crippen LogP contribution in [0.3, 0.4) is 0 Å². The van der Waals surface area contributed by atoms with Crippen molar-refractivity contribution in [3.63, 3.8) is 0 Å². The molecule has 1 aliphatic rings. The Morgan fingerprint density at radius 3 is 2.52 bits per heavy atom. The molecule has 1 aliphatic heterocycles. The Hall–Kier alpha value is -2.91. The predicted molar refractivity (Wildman–Crippen MR) is 126 cm³/mol. The number of nitrogens with zero attached hydrogens (tertiary/aromatic N) is 4. The maximum atomic E-state index is 13.2. The Kier molecular flexibility index (Phi) is 8.85. The van der Waals surface area contributed by atoms with E-state index in [0.29, 0.717) is 13.1 Å². The molecular formula is C24H30F3N5O. The summed E-state index contributed by atoms with van der Waals surface area (Å²) in [5, 5.41) is 9.54. The highest BCUT2D eigenvalue weighted by Gasteiger charge is 2.30. The van der Waals surface area contributed by atoms with Gasteiger partial charge in [-0.15, -0.1) is 0 Å². The maximum absolute atomic E-state index is 13.2. The average molecular weight is 462 g/mol. The van der Waals surface area contributed by atoms with Gasteiger partial charge in [0.25, 0.3) is 0 Å². The lowest BCUT2D eigenvalue weighted by atomic mass is 10.1. The van der Waals surface area contributed by atoms with E-state index in [2.05, 4.69) is 27.0 Å². The summed E-state index contributed by atoms with van der Waals surface area (Å²) in [4.78, 5) is 6.28. The number of nitrogens with one attached hydrogen (secondary N) is 1. The first-order valence-corrected chi connectivity index (χ1v) is 10.9. The number of halogens is 3. The largest absolute Gasteiger partial charge is 0.416 e. The first-order chi connectivity index (χ1) is 15.9. The summed E-state index contributed by atoms with van der Waals surface area (Å²) >= 11 is 0. The number of aliphatic imine (C=N–C) groups is 1. The first kappa shape index (κ1) is 24.7. The molecule has 0 aliphatic carbocycles. The number of anilines is 1. The molecule has 0 atom stereocenters. The lowest BCUT2D eigenvalue weighted by molar-refractivity contribution is -0.137. The topological polar surface area (TPSA) is 52.5 Å². The number of hydrogen-bond donors (Lipinski definition) is 1. The zero-order valence-electron chi connectivity index (χ0n) is 18.8. The second kappa shape index (κ2) is 11.8. The van der Waals surface area contributed by atoms with Crippen LogP contribution in [-0.4, -0.2) is 68.9 Å². The molecule has 0 saturated carbocycles. The molecule has 9 heteroatoms. The fourth-order valence-electron chi connectivity index (χ4n) is 3.60. The number of rotatable bonds is 9. The van der Waals surface area contributed by atoms with Gasteiger partial charge in [0.05, 0.1) is 25.3 Å². The molecule has 0 bridgehead atoms. The molecule has 3 rings (SSSR count). The van der Waals surface area contributed by atoms with E-state index in [1.165, 1.54) is 6.07 Å². The Morgan fingerprint density at radius 2 is 1.88 bits per heavy atom. The molecule has 0 unspecified atom stereocenters. The van der Waals surface area contributed by atoms with E-state index in [1.54, 1.807) is 6.07 Å². The number of amidine groups is 1. The Balaban J connectivity index is 1.79. The third-order valence-corrected chi connectivity index (χ3v) is 5.44. The lowest BCUT2D eigenvalue weighted by Gasteiger charge is -2.27. The zero-order valence-corrected chi connectivity index (χ0v) is 18.8. The molecule has 1 N–H and O–H groups in total. The zero-order chi connectivity index (χ0) is 23.7. The molecule has 2 aromatic carbocycles. The Labute approximate surface area is 192 Å². The lowest BCUT2D eigenvalue weighted by Crippen LogP contribution is -2.37. The van der Waals surface area contributed by atoms with Crippen molar-refractivity contribution in [1.82, 2.24) is 9.91 Å². The highest BCUT2D eigenvalue weighted by molar-refractivity contribution is 6.01. The summed E-state index contributed by atoms with van der Waals surface area (Å²) in [5.41, 5.74) is 1.58. The molecule has 0 aromatic heterocycles. The van der Waals surface area contributed by atoms with Crippen LogP contribution in [0.1, 0.15) is 23.1 Å². The van der Waals surface area contributed by atoms with Crippen LogP contribution in [0.2, 0.25) is 0 Å². The van der Waals surface area contributed by atoms with Crippen LogP contribution < -0.4 is 5.32 Å². The van der Waals surface area contributed by atoms with E-state index in [4.69, 9.17) is 4.74 Å². The van der Waals surface area contributed by atoms with E-state index in [1.807, 2.05) is 36.3 Å². The maximum Gasteiger partial charge on any atom is 0.416 e. The summed E-state index contributed by atoms with van der Waals surface area (Å²) < 4.78 is 44.9. The van der Waals surface area contributed by atoms with E-state index < -0.39 is 11.7 Å². The van der Waals surface area contributed by atoms with Crippen molar-refractivity contribution in [2.24, 2.45) is 10.1 Å². The third kappa shape index (κ3) is 7.57. The molecule has 0 radical (unpaired) electrons. The number of hydrazone groups is 1. The van der Waals surface area contributed by atoms with Crippen molar-refractivity contribution in [1.29, 1.82) is 0 Å². The Bertz CT molecular complexity index is 924. The van der Waals surface area contributed by atoms with Crippen molar-refractivity contribution in [2.45, 2.75) is 19.1 Å². The van der Waals surface area contributed by atoms with Crippen LogP contribution in [0.15, 0.2) is 58.6 Å². The van der Waals surface area contributed by atoms with Gasteiger partial charge in [0, 0.05) is 44.5 Å². The molecule has 33 heavy (non-hydrogen) atoms. The molecule has 1 saturated heterocycles. The molecule has 1 heterocycles. The van der Waals surface area contributed by atoms with Crippen LogP contribution in [0.5, 0.6) is 0 Å². The monoisotopic (exact) mass is 461 g/mol. The van der Waals surface area contributed by atoms with Crippen molar-refractivity contribution in [3.05, 3.63) is 65.2 Å². The van der Waals surface area contributed by atoms with Crippen molar-refractivity contribution in [3.8, 4) is 0 Å². The minimum Gasteiger partial charge on any atom is -0.388 e. The number of benzene rings is 2. The fraction of sp³-hybridized carbons (Fsp3) is 0.417. The van der Waals surface area contributed by atoms with Gasteiger partial charge in [-0.2, -0.15) is 18.3 Å². The van der Waals surface area contributed by atoms with Crippen molar-refractivity contribution in [2.75, 3.05) is 51.8 Å². The second-order valence-corrected chi connectivity index (χ2v) is 7.80. The molecule has 1 fully saturated rings. The average Bonchev–Trinajstić information content (AvgIpc) is 2.83. The number of ether oxygens (including phenoxy) is 1. The number of morpholine rings is 1. The van der Waals surface area contributed by atoms with Gasteiger partial charge in [0.2, 0.25) is 0 Å².